The Morgan fingerprint density at radius 1 is 1.10 bits per heavy atom. The fraction of sp³-hybridized carbons (Fsp3) is 0.600. The Balaban J connectivity index is 1.95. The highest BCUT2D eigenvalue weighted by molar-refractivity contribution is 7.89. The average molecular weight is 297 g/mol. The maximum Gasteiger partial charge on any atom is 0.240 e. The van der Waals surface area contributed by atoms with Crippen LogP contribution in [0.1, 0.15) is 38.5 Å². The van der Waals surface area contributed by atoms with Crippen molar-refractivity contribution in [2.45, 2.75) is 43.4 Å². The molecule has 20 heavy (non-hydrogen) atoms. The number of nitrogens with one attached hydrogen (secondary N) is 1. The number of sulfonamides is 1. The molecule has 0 bridgehead atoms. The standard InChI is InChI=1S/C15H23NO3S/c1-19-14-8-10-15(11-9-14)20(17,18)16-12-13-6-4-2-3-5-7-13/h8-11,13,16H,2-7,12H2,1H3. The minimum Gasteiger partial charge on any atom is -0.497 e. The van der Waals surface area contributed by atoms with Gasteiger partial charge in [0.05, 0.1) is 12.0 Å². The summed E-state index contributed by atoms with van der Waals surface area (Å²) in [5.41, 5.74) is 0. The molecule has 2 rings (SSSR count). The van der Waals surface area contributed by atoms with Crippen molar-refractivity contribution in [2.24, 2.45) is 5.92 Å². The predicted molar refractivity (Wildman–Crippen MR) is 79.4 cm³/mol. The van der Waals surface area contributed by atoms with Crippen molar-refractivity contribution >= 4 is 10.0 Å². The number of ether oxygens (including phenoxy) is 1. The van der Waals surface area contributed by atoms with Gasteiger partial charge in [0, 0.05) is 6.54 Å². The molecule has 1 aromatic carbocycles. The highest BCUT2D eigenvalue weighted by atomic mass is 32.2. The summed E-state index contributed by atoms with van der Waals surface area (Å²) in [6.07, 6.45) is 7.25. The molecule has 0 amide bonds. The van der Waals surface area contributed by atoms with Crippen molar-refractivity contribution in [3.05, 3.63) is 24.3 Å². The molecule has 0 atom stereocenters. The molecule has 5 heteroatoms. The Morgan fingerprint density at radius 3 is 2.25 bits per heavy atom. The Hall–Kier alpha value is -1.07. The third-order valence-electron chi connectivity index (χ3n) is 3.91. The number of rotatable bonds is 5. The van der Waals surface area contributed by atoms with E-state index >= 15 is 0 Å². The molecule has 1 aliphatic rings. The summed E-state index contributed by atoms with van der Waals surface area (Å²) in [5, 5.41) is 0. The molecule has 0 saturated heterocycles. The monoisotopic (exact) mass is 297 g/mol. The SMILES string of the molecule is COc1ccc(S(=O)(=O)NCC2CCCCCC2)cc1. The van der Waals surface area contributed by atoms with Crippen LogP contribution in [0.4, 0.5) is 0 Å². The van der Waals surface area contributed by atoms with Crippen LogP contribution < -0.4 is 9.46 Å². The molecular formula is C15H23NO3S. The van der Waals surface area contributed by atoms with E-state index in [0.717, 1.165) is 12.8 Å². The third kappa shape index (κ3) is 4.21. The lowest BCUT2D eigenvalue weighted by molar-refractivity contribution is 0.414. The molecule has 1 aliphatic carbocycles. The van der Waals surface area contributed by atoms with Crippen LogP contribution in [0.15, 0.2) is 29.2 Å². The van der Waals surface area contributed by atoms with Gasteiger partial charge in [0.15, 0.2) is 0 Å². The van der Waals surface area contributed by atoms with E-state index in [1.54, 1.807) is 31.4 Å². The van der Waals surface area contributed by atoms with Gasteiger partial charge in [-0.25, -0.2) is 13.1 Å². The first-order valence-corrected chi connectivity index (χ1v) is 8.74. The molecule has 112 valence electrons. The minimum absolute atomic E-state index is 0.298. The molecule has 0 heterocycles. The van der Waals surface area contributed by atoms with Gasteiger partial charge in [-0.15, -0.1) is 0 Å². The van der Waals surface area contributed by atoms with Crippen LogP contribution in [0.25, 0.3) is 0 Å². The largest absolute Gasteiger partial charge is 0.497 e. The Labute approximate surface area is 121 Å². The molecule has 1 aromatic rings. The van der Waals surface area contributed by atoms with Crippen molar-refractivity contribution in [3.63, 3.8) is 0 Å². The average Bonchev–Trinajstić information content (AvgIpc) is 2.74. The molecular weight excluding hydrogens is 274 g/mol. The fourth-order valence-electron chi connectivity index (χ4n) is 2.63. The van der Waals surface area contributed by atoms with Crippen molar-refractivity contribution in [2.75, 3.05) is 13.7 Å². The maximum absolute atomic E-state index is 12.2. The van der Waals surface area contributed by atoms with Crippen molar-refractivity contribution in [3.8, 4) is 5.75 Å². The van der Waals surface area contributed by atoms with Crippen molar-refractivity contribution in [1.29, 1.82) is 0 Å². The van der Waals surface area contributed by atoms with Crippen molar-refractivity contribution < 1.29 is 13.2 Å². The summed E-state index contributed by atoms with van der Waals surface area (Å²) in [7, 11) is -1.84. The summed E-state index contributed by atoms with van der Waals surface area (Å²) in [6.45, 7) is 0.550. The van der Waals surface area contributed by atoms with Gasteiger partial charge in [-0.05, 0) is 43.0 Å². The second-order valence-electron chi connectivity index (χ2n) is 5.39. The summed E-state index contributed by atoms with van der Waals surface area (Å²) >= 11 is 0. The van der Waals surface area contributed by atoms with E-state index in [-0.39, 0.29) is 0 Å². The zero-order chi connectivity index (χ0) is 14.4. The summed E-state index contributed by atoms with van der Waals surface area (Å²) in [5.74, 6) is 1.14. The van der Waals surface area contributed by atoms with Gasteiger partial charge in [-0.1, -0.05) is 25.7 Å². The van der Waals surface area contributed by atoms with Gasteiger partial charge in [-0.3, -0.25) is 0 Å². The molecule has 1 N–H and O–H groups in total. The lowest BCUT2D eigenvalue weighted by atomic mass is 10.0. The molecule has 4 nitrogen and oxygen atoms in total. The molecule has 0 spiro atoms. The topological polar surface area (TPSA) is 55.4 Å². The second kappa shape index (κ2) is 7.09. The first-order chi connectivity index (χ1) is 9.62. The number of hydrogen-bond acceptors (Lipinski definition) is 3. The molecule has 0 aliphatic heterocycles. The van der Waals surface area contributed by atoms with Gasteiger partial charge < -0.3 is 4.74 Å². The van der Waals surface area contributed by atoms with Gasteiger partial charge in [0.25, 0.3) is 0 Å². The van der Waals surface area contributed by atoms with E-state index in [9.17, 15) is 8.42 Å². The van der Waals surface area contributed by atoms with Crippen LogP contribution in [0.3, 0.4) is 0 Å². The lowest BCUT2D eigenvalue weighted by Crippen LogP contribution is -2.29. The summed E-state index contributed by atoms with van der Waals surface area (Å²) < 4.78 is 32.2. The highest BCUT2D eigenvalue weighted by Gasteiger charge is 2.18. The Kier molecular flexibility index (Phi) is 5.43. The summed E-state index contributed by atoms with van der Waals surface area (Å²) in [6, 6.07) is 6.49. The highest BCUT2D eigenvalue weighted by Crippen LogP contribution is 2.23. The van der Waals surface area contributed by atoms with Crippen LogP contribution in [0.2, 0.25) is 0 Å². The second-order valence-corrected chi connectivity index (χ2v) is 7.15. The first kappa shape index (κ1) is 15.3. The molecule has 1 saturated carbocycles. The first-order valence-electron chi connectivity index (χ1n) is 7.25. The number of hydrogen-bond donors (Lipinski definition) is 1. The van der Waals surface area contributed by atoms with Crippen molar-refractivity contribution in [1.82, 2.24) is 4.72 Å². The van der Waals surface area contributed by atoms with E-state index in [1.165, 1.54) is 25.7 Å². The molecule has 1 fully saturated rings. The smallest absolute Gasteiger partial charge is 0.240 e. The van der Waals surface area contributed by atoms with E-state index in [0.29, 0.717) is 23.1 Å². The molecule has 0 unspecified atom stereocenters. The molecule has 0 radical (unpaired) electrons. The maximum atomic E-state index is 12.2. The summed E-state index contributed by atoms with van der Waals surface area (Å²) in [4.78, 5) is 0.298. The Bertz CT molecular complexity index is 502. The van der Waals surface area contributed by atoms with E-state index in [2.05, 4.69) is 4.72 Å². The van der Waals surface area contributed by atoms with Gasteiger partial charge in [0.1, 0.15) is 5.75 Å². The minimum atomic E-state index is -3.40. The van der Waals surface area contributed by atoms with E-state index in [4.69, 9.17) is 4.74 Å². The fourth-order valence-corrected chi connectivity index (χ4v) is 3.75. The number of benzene rings is 1. The Morgan fingerprint density at radius 2 is 1.70 bits per heavy atom. The lowest BCUT2D eigenvalue weighted by Gasteiger charge is -2.15. The van der Waals surface area contributed by atoms with Crippen LogP contribution >= 0.6 is 0 Å². The number of methoxy groups -OCH3 is 1. The van der Waals surface area contributed by atoms with Gasteiger partial charge in [-0.2, -0.15) is 0 Å². The van der Waals surface area contributed by atoms with Gasteiger partial charge >= 0.3 is 0 Å². The van der Waals surface area contributed by atoms with Gasteiger partial charge in [0.2, 0.25) is 10.0 Å². The third-order valence-corrected chi connectivity index (χ3v) is 5.35. The molecule has 0 aromatic heterocycles. The van der Waals surface area contributed by atoms with Crippen LogP contribution in [0.5, 0.6) is 5.75 Å². The van der Waals surface area contributed by atoms with Crippen LogP contribution in [-0.2, 0) is 10.0 Å². The zero-order valence-corrected chi connectivity index (χ0v) is 12.8. The van der Waals surface area contributed by atoms with Crippen LogP contribution in [-0.4, -0.2) is 22.1 Å². The van der Waals surface area contributed by atoms with E-state index < -0.39 is 10.0 Å². The predicted octanol–water partition coefficient (Wildman–Crippen LogP) is 2.94. The van der Waals surface area contributed by atoms with E-state index in [1.807, 2.05) is 0 Å². The normalized spacial score (nSPS) is 17.6. The zero-order valence-electron chi connectivity index (χ0n) is 12.0. The quantitative estimate of drug-likeness (QED) is 0.850. The van der Waals surface area contributed by atoms with Crippen LogP contribution in [0, 0.1) is 5.92 Å².